The third kappa shape index (κ3) is 3.60. The summed E-state index contributed by atoms with van der Waals surface area (Å²) in [6, 6.07) is 15.9. The Morgan fingerprint density at radius 3 is 2.61 bits per heavy atom. The maximum Gasteiger partial charge on any atom is 0.336 e. The summed E-state index contributed by atoms with van der Waals surface area (Å²) in [5.41, 5.74) is 4.65. The summed E-state index contributed by atoms with van der Waals surface area (Å²) in [7, 11) is 1.96. The zero-order chi connectivity index (χ0) is 19.7. The molecule has 0 unspecified atom stereocenters. The summed E-state index contributed by atoms with van der Waals surface area (Å²) in [5.74, 6) is 1.44. The smallest absolute Gasteiger partial charge is 0.336 e. The molecule has 4 rings (SSSR count). The predicted octanol–water partition coefficient (Wildman–Crippen LogP) is 4.75. The summed E-state index contributed by atoms with van der Waals surface area (Å²) in [6.45, 7) is 4.14. The van der Waals surface area contributed by atoms with Crippen molar-refractivity contribution in [1.82, 2.24) is 14.8 Å². The Morgan fingerprint density at radius 1 is 1.07 bits per heavy atom. The molecule has 0 bridgehead atoms. The number of hydrogen-bond donors (Lipinski definition) is 0. The number of thioether (sulfide) groups is 1. The van der Waals surface area contributed by atoms with Crippen molar-refractivity contribution in [2.45, 2.75) is 31.2 Å². The predicted molar refractivity (Wildman–Crippen MR) is 113 cm³/mol. The number of nitrogens with zero attached hydrogens (tertiary/aromatic N) is 3. The van der Waals surface area contributed by atoms with Crippen LogP contribution in [-0.2, 0) is 19.2 Å². The first-order valence-electron chi connectivity index (χ1n) is 9.20. The SMILES string of the molecule is CCc1ccc2c(CSc3nnc(-c4ccc(C)cc4)n3C)cc(=O)oc2c1. The van der Waals surface area contributed by atoms with Crippen molar-refractivity contribution in [3.05, 3.63) is 75.6 Å². The molecule has 4 aromatic rings. The molecule has 0 fully saturated rings. The molecule has 6 heteroatoms. The average molecular weight is 391 g/mol. The van der Waals surface area contributed by atoms with E-state index in [1.807, 2.05) is 23.7 Å². The minimum Gasteiger partial charge on any atom is -0.423 e. The lowest BCUT2D eigenvalue weighted by molar-refractivity contribution is 0.559. The molecule has 0 saturated carbocycles. The van der Waals surface area contributed by atoms with Gasteiger partial charge in [-0.25, -0.2) is 4.79 Å². The summed E-state index contributed by atoms with van der Waals surface area (Å²) < 4.78 is 7.38. The van der Waals surface area contributed by atoms with Crippen molar-refractivity contribution in [3.63, 3.8) is 0 Å². The molecule has 2 heterocycles. The third-order valence-corrected chi connectivity index (χ3v) is 5.87. The second kappa shape index (κ2) is 7.64. The molecular formula is C22H21N3O2S. The van der Waals surface area contributed by atoms with E-state index in [4.69, 9.17) is 4.42 Å². The Kier molecular flexibility index (Phi) is 5.05. The Balaban J connectivity index is 1.62. The molecule has 2 aromatic carbocycles. The van der Waals surface area contributed by atoms with Crippen molar-refractivity contribution >= 4 is 22.7 Å². The molecule has 2 aromatic heterocycles. The number of rotatable bonds is 5. The van der Waals surface area contributed by atoms with E-state index in [0.29, 0.717) is 11.3 Å². The van der Waals surface area contributed by atoms with Crippen LogP contribution in [0.3, 0.4) is 0 Å². The van der Waals surface area contributed by atoms with Crippen LogP contribution in [0.1, 0.15) is 23.6 Å². The van der Waals surface area contributed by atoms with Crippen molar-refractivity contribution in [1.29, 1.82) is 0 Å². The van der Waals surface area contributed by atoms with Gasteiger partial charge in [-0.3, -0.25) is 0 Å². The number of fused-ring (bicyclic) bond motifs is 1. The minimum absolute atomic E-state index is 0.324. The highest BCUT2D eigenvalue weighted by Gasteiger charge is 2.13. The van der Waals surface area contributed by atoms with E-state index in [1.54, 1.807) is 17.8 Å². The second-order valence-electron chi connectivity index (χ2n) is 6.79. The maximum absolute atomic E-state index is 12.0. The van der Waals surface area contributed by atoms with Crippen LogP contribution in [0.2, 0.25) is 0 Å². The molecule has 142 valence electrons. The summed E-state index contributed by atoms with van der Waals surface area (Å²) in [4.78, 5) is 12.0. The summed E-state index contributed by atoms with van der Waals surface area (Å²) >= 11 is 1.56. The zero-order valence-corrected chi connectivity index (χ0v) is 16.9. The van der Waals surface area contributed by atoms with Crippen LogP contribution in [0.25, 0.3) is 22.4 Å². The highest BCUT2D eigenvalue weighted by molar-refractivity contribution is 7.98. The Bertz CT molecular complexity index is 1190. The second-order valence-corrected chi connectivity index (χ2v) is 7.74. The van der Waals surface area contributed by atoms with E-state index in [0.717, 1.165) is 39.5 Å². The van der Waals surface area contributed by atoms with E-state index in [9.17, 15) is 4.79 Å². The number of aryl methyl sites for hydroxylation is 2. The van der Waals surface area contributed by atoms with Crippen LogP contribution < -0.4 is 5.63 Å². The molecule has 5 nitrogen and oxygen atoms in total. The standard InChI is InChI=1S/C22H21N3O2S/c1-4-15-7-10-18-17(12-20(26)27-19(18)11-15)13-28-22-24-23-21(25(22)3)16-8-5-14(2)6-9-16/h5-12H,4,13H2,1-3H3. The zero-order valence-electron chi connectivity index (χ0n) is 16.1. The molecular weight excluding hydrogens is 370 g/mol. The van der Waals surface area contributed by atoms with Gasteiger partial charge >= 0.3 is 5.63 Å². The average Bonchev–Trinajstić information content (AvgIpc) is 3.06. The molecule has 0 aliphatic carbocycles. The maximum atomic E-state index is 12.0. The first-order chi connectivity index (χ1) is 13.5. The number of aromatic nitrogens is 3. The van der Waals surface area contributed by atoms with Gasteiger partial charge in [-0.1, -0.05) is 60.6 Å². The normalized spacial score (nSPS) is 11.2. The van der Waals surface area contributed by atoms with Gasteiger partial charge in [-0.05, 0) is 30.5 Å². The quantitative estimate of drug-likeness (QED) is 0.363. The third-order valence-electron chi connectivity index (χ3n) is 4.80. The van der Waals surface area contributed by atoms with Crippen LogP contribution in [0, 0.1) is 6.92 Å². The molecule has 0 aliphatic rings. The molecule has 0 N–H and O–H groups in total. The van der Waals surface area contributed by atoms with Crippen molar-refractivity contribution in [3.8, 4) is 11.4 Å². The molecule has 0 amide bonds. The van der Waals surface area contributed by atoms with Crippen molar-refractivity contribution in [2.75, 3.05) is 0 Å². The summed E-state index contributed by atoms with van der Waals surface area (Å²) in [6.07, 6.45) is 0.902. The van der Waals surface area contributed by atoms with Gasteiger partial charge in [0.1, 0.15) is 5.58 Å². The highest BCUT2D eigenvalue weighted by Crippen LogP contribution is 2.28. The molecule has 0 radical (unpaired) electrons. The number of hydrogen-bond acceptors (Lipinski definition) is 5. The molecule has 0 saturated heterocycles. The fourth-order valence-electron chi connectivity index (χ4n) is 3.15. The Labute approximate surface area is 167 Å². The van der Waals surface area contributed by atoms with Crippen LogP contribution in [0.4, 0.5) is 0 Å². The number of benzene rings is 2. The highest BCUT2D eigenvalue weighted by atomic mass is 32.2. The van der Waals surface area contributed by atoms with Crippen molar-refractivity contribution < 1.29 is 4.42 Å². The van der Waals surface area contributed by atoms with Gasteiger partial charge in [0.15, 0.2) is 11.0 Å². The van der Waals surface area contributed by atoms with Crippen LogP contribution in [0.15, 0.2) is 62.9 Å². The van der Waals surface area contributed by atoms with E-state index in [-0.39, 0.29) is 5.63 Å². The lowest BCUT2D eigenvalue weighted by Gasteiger charge is -2.07. The molecule has 0 aliphatic heterocycles. The first kappa shape index (κ1) is 18.5. The lowest BCUT2D eigenvalue weighted by atomic mass is 10.1. The van der Waals surface area contributed by atoms with E-state index >= 15 is 0 Å². The minimum atomic E-state index is -0.324. The van der Waals surface area contributed by atoms with E-state index < -0.39 is 0 Å². The van der Waals surface area contributed by atoms with Gasteiger partial charge in [0.25, 0.3) is 0 Å². The van der Waals surface area contributed by atoms with E-state index in [1.165, 1.54) is 5.56 Å². The van der Waals surface area contributed by atoms with Gasteiger partial charge in [-0.2, -0.15) is 0 Å². The van der Waals surface area contributed by atoms with Gasteiger partial charge in [0.2, 0.25) is 0 Å². The van der Waals surface area contributed by atoms with Gasteiger partial charge < -0.3 is 8.98 Å². The fraction of sp³-hybridized carbons (Fsp3) is 0.227. The fourth-order valence-corrected chi connectivity index (χ4v) is 4.05. The topological polar surface area (TPSA) is 60.9 Å². The van der Waals surface area contributed by atoms with E-state index in [2.05, 4.69) is 54.4 Å². The molecule has 0 spiro atoms. The molecule has 0 atom stereocenters. The first-order valence-corrected chi connectivity index (χ1v) is 10.2. The van der Waals surface area contributed by atoms with Crippen LogP contribution >= 0.6 is 11.8 Å². The Hall–Kier alpha value is -2.86. The van der Waals surface area contributed by atoms with Gasteiger partial charge in [-0.15, -0.1) is 10.2 Å². The van der Waals surface area contributed by atoms with Gasteiger partial charge in [0.05, 0.1) is 0 Å². The van der Waals surface area contributed by atoms with Crippen LogP contribution in [0.5, 0.6) is 0 Å². The van der Waals surface area contributed by atoms with Crippen molar-refractivity contribution in [2.24, 2.45) is 7.05 Å². The molecule has 28 heavy (non-hydrogen) atoms. The lowest BCUT2D eigenvalue weighted by Crippen LogP contribution is -2.01. The largest absolute Gasteiger partial charge is 0.423 e. The van der Waals surface area contributed by atoms with Gasteiger partial charge in [0, 0.05) is 29.8 Å². The van der Waals surface area contributed by atoms with Crippen LogP contribution in [-0.4, -0.2) is 14.8 Å². The monoisotopic (exact) mass is 391 g/mol. The Morgan fingerprint density at radius 2 is 1.86 bits per heavy atom. The summed E-state index contributed by atoms with van der Waals surface area (Å²) in [5, 5.41) is 10.4.